The minimum Gasteiger partial charge on any atom is -0.459 e. The number of esters is 1. The van der Waals surface area contributed by atoms with E-state index in [2.05, 4.69) is 10.3 Å². The molecule has 3 amide bonds. The third kappa shape index (κ3) is 3.35. The lowest BCUT2D eigenvalue weighted by Crippen LogP contribution is -2.43. The lowest BCUT2D eigenvalue weighted by Gasteiger charge is -2.18. The van der Waals surface area contributed by atoms with Crippen molar-refractivity contribution in [3.63, 3.8) is 0 Å². The molecule has 1 N–H and O–H groups in total. The van der Waals surface area contributed by atoms with Crippen LogP contribution in [0.2, 0.25) is 5.15 Å². The molecule has 1 saturated heterocycles. The maximum absolute atomic E-state index is 12.3. The van der Waals surface area contributed by atoms with Crippen LogP contribution < -0.4 is 5.32 Å². The summed E-state index contributed by atoms with van der Waals surface area (Å²) in [5, 5.41) is 3.70. The topological polar surface area (TPSA) is 88.6 Å². The highest BCUT2D eigenvalue weighted by atomic mass is 35.5. The molecule has 2 aromatic rings. The maximum Gasteiger partial charge on any atom is 0.326 e. The van der Waals surface area contributed by atoms with Crippen molar-refractivity contribution in [2.75, 3.05) is 6.54 Å². The molecule has 136 valence electrons. The van der Waals surface area contributed by atoms with Crippen LogP contribution in [-0.4, -0.2) is 39.9 Å². The predicted molar refractivity (Wildman–Crippen MR) is 95.5 cm³/mol. The van der Waals surface area contributed by atoms with Gasteiger partial charge in [0.15, 0.2) is 0 Å². The van der Waals surface area contributed by atoms with Crippen molar-refractivity contribution in [1.29, 1.82) is 0 Å². The van der Waals surface area contributed by atoms with Gasteiger partial charge in [-0.25, -0.2) is 9.78 Å². The number of para-hydroxylation sites is 1. The van der Waals surface area contributed by atoms with Crippen molar-refractivity contribution >= 4 is 40.4 Å². The molecule has 1 atom stereocenters. The van der Waals surface area contributed by atoms with Gasteiger partial charge in [-0.1, -0.05) is 36.7 Å². The van der Waals surface area contributed by atoms with Crippen LogP contribution in [0.1, 0.15) is 25.8 Å². The number of nitrogens with one attached hydrogen (secondary N) is 1. The molecule has 0 spiro atoms. The van der Waals surface area contributed by atoms with Gasteiger partial charge in [0.2, 0.25) is 0 Å². The van der Waals surface area contributed by atoms with Crippen LogP contribution in [0.5, 0.6) is 0 Å². The van der Waals surface area contributed by atoms with Gasteiger partial charge in [0.25, 0.3) is 5.91 Å². The molecule has 1 aliphatic rings. The summed E-state index contributed by atoms with van der Waals surface area (Å²) >= 11 is 6.13. The standard InChI is InChI=1S/C18H18ClN3O4/c1-3-18(2)16(24)22(17(25)21-18)9-14(23)26-10-12-8-11-6-4-5-7-13(11)20-15(12)19/h4-8H,3,9-10H2,1-2H3,(H,21,25)/t18-/m0/s1. The van der Waals surface area contributed by atoms with E-state index in [1.165, 1.54) is 0 Å². The van der Waals surface area contributed by atoms with E-state index in [9.17, 15) is 14.4 Å². The largest absolute Gasteiger partial charge is 0.459 e. The molecule has 7 nitrogen and oxygen atoms in total. The molecule has 1 fully saturated rings. The number of benzene rings is 1. The number of hydrogen-bond acceptors (Lipinski definition) is 5. The number of amides is 3. The predicted octanol–water partition coefficient (Wildman–Crippen LogP) is 2.65. The average Bonchev–Trinajstić information content (AvgIpc) is 2.83. The number of urea groups is 1. The van der Waals surface area contributed by atoms with Gasteiger partial charge in [-0.15, -0.1) is 0 Å². The molecule has 8 heteroatoms. The monoisotopic (exact) mass is 375 g/mol. The second-order valence-electron chi connectivity index (χ2n) is 6.30. The zero-order chi connectivity index (χ0) is 18.9. The van der Waals surface area contributed by atoms with E-state index in [0.29, 0.717) is 12.0 Å². The molecule has 0 unspecified atom stereocenters. The average molecular weight is 376 g/mol. The van der Waals surface area contributed by atoms with Gasteiger partial charge >= 0.3 is 12.0 Å². The molecular weight excluding hydrogens is 358 g/mol. The number of carbonyl (C=O) groups is 3. The highest BCUT2D eigenvalue weighted by Crippen LogP contribution is 2.22. The number of fused-ring (bicyclic) bond motifs is 1. The minimum absolute atomic E-state index is 0.0931. The summed E-state index contributed by atoms with van der Waals surface area (Å²) in [4.78, 5) is 41.4. The van der Waals surface area contributed by atoms with Crippen molar-refractivity contribution in [2.45, 2.75) is 32.4 Å². The van der Waals surface area contributed by atoms with Crippen LogP contribution in [0.3, 0.4) is 0 Å². The van der Waals surface area contributed by atoms with Gasteiger partial charge in [0, 0.05) is 10.9 Å². The number of aromatic nitrogens is 1. The first-order chi connectivity index (χ1) is 12.3. The van der Waals surface area contributed by atoms with Gasteiger partial charge < -0.3 is 10.1 Å². The third-order valence-electron chi connectivity index (χ3n) is 4.48. The fourth-order valence-electron chi connectivity index (χ4n) is 2.70. The molecule has 1 aromatic heterocycles. The fourth-order valence-corrected chi connectivity index (χ4v) is 2.90. The molecule has 3 rings (SSSR count). The number of nitrogens with zero attached hydrogens (tertiary/aromatic N) is 2. The number of hydrogen-bond donors (Lipinski definition) is 1. The molecule has 0 bridgehead atoms. The third-order valence-corrected chi connectivity index (χ3v) is 4.81. The zero-order valence-electron chi connectivity index (χ0n) is 14.4. The number of pyridine rings is 1. The van der Waals surface area contributed by atoms with Crippen molar-refractivity contribution in [3.05, 3.63) is 41.0 Å². The Bertz CT molecular complexity index is 901. The Kier molecular flexibility index (Phi) is 4.82. The van der Waals surface area contributed by atoms with Crippen molar-refractivity contribution < 1.29 is 19.1 Å². The van der Waals surface area contributed by atoms with Crippen LogP contribution >= 0.6 is 11.6 Å². The summed E-state index contributed by atoms with van der Waals surface area (Å²) in [5.41, 5.74) is 0.309. The van der Waals surface area contributed by atoms with Crippen LogP contribution in [0.15, 0.2) is 30.3 Å². The van der Waals surface area contributed by atoms with Crippen molar-refractivity contribution in [3.8, 4) is 0 Å². The molecular formula is C18H18ClN3O4. The van der Waals surface area contributed by atoms with E-state index in [0.717, 1.165) is 15.8 Å². The number of rotatable bonds is 5. The van der Waals surface area contributed by atoms with E-state index in [1.807, 2.05) is 24.3 Å². The van der Waals surface area contributed by atoms with E-state index in [4.69, 9.17) is 16.3 Å². The lowest BCUT2D eigenvalue weighted by molar-refractivity contribution is -0.148. The smallest absolute Gasteiger partial charge is 0.326 e. The van der Waals surface area contributed by atoms with Crippen LogP contribution in [-0.2, 0) is 20.9 Å². The van der Waals surface area contributed by atoms with Crippen LogP contribution in [0.4, 0.5) is 4.79 Å². The van der Waals surface area contributed by atoms with E-state index in [-0.39, 0.29) is 11.8 Å². The van der Waals surface area contributed by atoms with Crippen LogP contribution in [0, 0.1) is 0 Å². The number of carbonyl (C=O) groups excluding carboxylic acids is 3. The van der Waals surface area contributed by atoms with Crippen molar-refractivity contribution in [2.24, 2.45) is 0 Å². The van der Waals surface area contributed by atoms with Gasteiger partial charge in [-0.05, 0) is 25.5 Å². The minimum atomic E-state index is -0.983. The molecule has 0 aliphatic carbocycles. The van der Waals surface area contributed by atoms with E-state index < -0.39 is 30.0 Å². The summed E-state index contributed by atoms with van der Waals surface area (Å²) in [6.45, 7) is 2.87. The van der Waals surface area contributed by atoms with E-state index in [1.54, 1.807) is 19.9 Å². The van der Waals surface area contributed by atoms with Gasteiger partial charge in [0.05, 0.1) is 5.52 Å². The SMILES string of the molecule is CC[C@]1(C)NC(=O)N(CC(=O)OCc2cc3ccccc3nc2Cl)C1=O. The molecule has 0 radical (unpaired) electrons. The summed E-state index contributed by atoms with van der Waals surface area (Å²) in [6, 6.07) is 8.63. The second-order valence-corrected chi connectivity index (χ2v) is 6.66. The number of halogens is 1. The fraction of sp³-hybridized carbons (Fsp3) is 0.333. The number of imide groups is 1. The Morgan fingerprint density at radius 3 is 2.77 bits per heavy atom. The highest BCUT2D eigenvalue weighted by molar-refractivity contribution is 6.30. The summed E-state index contributed by atoms with van der Waals surface area (Å²) < 4.78 is 5.18. The molecule has 26 heavy (non-hydrogen) atoms. The molecule has 1 aliphatic heterocycles. The lowest BCUT2D eigenvalue weighted by atomic mass is 9.99. The Hall–Kier alpha value is -2.67. The van der Waals surface area contributed by atoms with Gasteiger partial charge in [-0.2, -0.15) is 0 Å². The molecule has 2 heterocycles. The first kappa shape index (κ1) is 18.1. The highest BCUT2D eigenvalue weighted by Gasteiger charge is 2.47. The Morgan fingerprint density at radius 1 is 1.35 bits per heavy atom. The number of ether oxygens (including phenoxy) is 1. The molecule has 1 aromatic carbocycles. The maximum atomic E-state index is 12.3. The summed E-state index contributed by atoms with van der Waals surface area (Å²) in [6.07, 6.45) is 0.432. The zero-order valence-corrected chi connectivity index (χ0v) is 15.2. The van der Waals surface area contributed by atoms with Crippen LogP contribution in [0.25, 0.3) is 10.9 Å². The van der Waals surface area contributed by atoms with Gasteiger partial charge in [-0.3, -0.25) is 14.5 Å². The Morgan fingerprint density at radius 2 is 2.08 bits per heavy atom. The first-order valence-electron chi connectivity index (χ1n) is 8.18. The quantitative estimate of drug-likeness (QED) is 0.493. The van der Waals surface area contributed by atoms with Crippen molar-refractivity contribution in [1.82, 2.24) is 15.2 Å². The van der Waals surface area contributed by atoms with Gasteiger partial charge in [0.1, 0.15) is 23.8 Å². The summed E-state index contributed by atoms with van der Waals surface area (Å²) in [5.74, 6) is -1.13. The first-order valence-corrected chi connectivity index (χ1v) is 8.56. The van der Waals surface area contributed by atoms with E-state index >= 15 is 0 Å². The normalized spacial score (nSPS) is 19.7. The summed E-state index contributed by atoms with van der Waals surface area (Å²) in [7, 11) is 0. The molecule has 0 saturated carbocycles. The second kappa shape index (κ2) is 6.92. The Balaban J connectivity index is 1.65. The Labute approximate surface area is 155 Å².